The van der Waals surface area contributed by atoms with Gasteiger partial charge in [0.1, 0.15) is 23.3 Å². The summed E-state index contributed by atoms with van der Waals surface area (Å²) in [5.74, 6) is -2.49. The molecule has 1 aromatic carbocycles. The molecule has 0 aliphatic carbocycles. The van der Waals surface area contributed by atoms with Gasteiger partial charge in [0.2, 0.25) is 0 Å². The van der Waals surface area contributed by atoms with Crippen LogP contribution in [0.15, 0.2) is 30.5 Å². The van der Waals surface area contributed by atoms with E-state index in [1.807, 2.05) is 24.3 Å². The first-order valence-corrected chi connectivity index (χ1v) is 12.8. The van der Waals surface area contributed by atoms with E-state index in [2.05, 4.69) is 10.3 Å². The van der Waals surface area contributed by atoms with Crippen LogP contribution >= 0.6 is 0 Å². The predicted octanol–water partition coefficient (Wildman–Crippen LogP) is 3.49. The molecule has 216 valence electrons. The van der Waals surface area contributed by atoms with Crippen molar-refractivity contribution in [1.82, 2.24) is 15.2 Å². The number of nitrogens with one attached hydrogen (secondary N) is 2. The van der Waals surface area contributed by atoms with Crippen molar-refractivity contribution >= 4 is 35.0 Å². The number of fused-ring (bicyclic) bond motifs is 1. The normalized spacial score (nSPS) is 13.4. The van der Waals surface area contributed by atoms with E-state index in [-0.39, 0.29) is 19.4 Å². The van der Waals surface area contributed by atoms with Gasteiger partial charge in [-0.15, -0.1) is 0 Å². The van der Waals surface area contributed by atoms with Gasteiger partial charge >= 0.3 is 24.1 Å². The van der Waals surface area contributed by atoms with Crippen LogP contribution in [0.2, 0.25) is 0 Å². The molecule has 0 fully saturated rings. The number of para-hydroxylation sites is 1. The molecule has 2 rings (SSSR count). The van der Waals surface area contributed by atoms with Gasteiger partial charge in [-0.05, 0) is 72.1 Å². The number of hydrogen-bond donors (Lipinski definition) is 5. The van der Waals surface area contributed by atoms with E-state index in [9.17, 15) is 29.4 Å². The zero-order valence-corrected chi connectivity index (χ0v) is 23.2. The van der Waals surface area contributed by atoms with Gasteiger partial charge in [0, 0.05) is 23.5 Å². The number of aromatic nitrogens is 1. The van der Waals surface area contributed by atoms with Crippen molar-refractivity contribution in [2.75, 3.05) is 13.1 Å². The Kier molecular flexibility index (Phi) is 10.7. The van der Waals surface area contributed by atoms with Gasteiger partial charge in [-0.1, -0.05) is 18.2 Å². The van der Waals surface area contributed by atoms with Gasteiger partial charge in [0.05, 0.1) is 6.54 Å². The molecule has 39 heavy (non-hydrogen) atoms. The molecule has 1 heterocycles. The number of carbonyl (C=O) groups is 4. The van der Waals surface area contributed by atoms with E-state index in [1.165, 1.54) is 13.8 Å². The van der Waals surface area contributed by atoms with Gasteiger partial charge < -0.3 is 35.7 Å². The van der Waals surface area contributed by atoms with Crippen molar-refractivity contribution in [2.45, 2.75) is 83.6 Å². The molecule has 0 bridgehead atoms. The topological polar surface area (TPSA) is 184 Å². The average Bonchev–Trinajstić information content (AvgIpc) is 3.21. The third-order valence-electron chi connectivity index (χ3n) is 5.83. The molecule has 0 unspecified atom stereocenters. The number of nitrogens with zero attached hydrogens (tertiary/aromatic N) is 1. The summed E-state index contributed by atoms with van der Waals surface area (Å²) < 4.78 is 10.9. The van der Waals surface area contributed by atoms with Gasteiger partial charge in [-0.3, -0.25) is 4.90 Å². The van der Waals surface area contributed by atoms with Crippen molar-refractivity contribution in [2.24, 2.45) is 5.73 Å². The second-order valence-corrected chi connectivity index (χ2v) is 11.0. The third-order valence-corrected chi connectivity index (χ3v) is 5.83. The maximum atomic E-state index is 13.0. The summed E-state index contributed by atoms with van der Waals surface area (Å²) in [6.07, 6.45) is 0.950. The molecule has 2 amide bonds. The Morgan fingerprint density at radius 1 is 1.03 bits per heavy atom. The highest BCUT2D eigenvalue weighted by Gasteiger charge is 2.38. The van der Waals surface area contributed by atoms with Crippen molar-refractivity contribution in [1.29, 1.82) is 0 Å². The van der Waals surface area contributed by atoms with E-state index in [0.29, 0.717) is 24.9 Å². The van der Waals surface area contributed by atoms with Gasteiger partial charge in [0.25, 0.3) is 0 Å². The van der Waals surface area contributed by atoms with Gasteiger partial charge in [0.15, 0.2) is 0 Å². The Morgan fingerprint density at radius 2 is 1.69 bits per heavy atom. The molecular weight excluding hydrogens is 508 g/mol. The van der Waals surface area contributed by atoms with Crippen molar-refractivity contribution in [3.05, 3.63) is 36.0 Å². The van der Waals surface area contributed by atoms with E-state index in [1.54, 1.807) is 27.0 Å². The first kappa shape index (κ1) is 31.4. The summed E-state index contributed by atoms with van der Waals surface area (Å²) in [6, 6.07) is 4.84. The maximum absolute atomic E-state index is 13.0. The summed E-state index contributed by atoms with van der Waals surface area (Å²) in [7, 11) is 0. The summed E-state index contributed by atoms with van der Waals surface area (Å²) in [4.78, 5) is 54.0. The largest absolute Gasteiger partial charge is 0.480 e. The van der Waals surface area contributed by atoms with Crippen LogP contribution in [0, 0.1) is 0 Å². The number of carboxylic acids is 2. The lowest BCUT2D eigenvalue weighted by Crippen LogP contribution is -2.54. The first-order chi connectivity index (χ1) is 18.1. The summed E-state index contributed by atoms with van der Waals surface area (Å²) in [5, 5.41) is 22.8. The quantitative estimate of drug-likeness (QED) is 0.234. The van der Waals surface area contributed by atoms with Crippen LogP contribution in [-0.4, -0.2) is 80.6 Å². The first-order valence-electron chi connectivity index (χ1n) is 12.8. The standard InChI is InChI=1S/C27H40N4O8/c1-26(2,3)39-25(37)31(21(23(34)35)12-8-9-13-28)16-27(4,5)38-24(36)30-20(22(32)33)14-17-15-29-19-11-7-6-10-18(17)19/h6-7,10-11,15,20-21,29H,8-9,12-14,16,28H2,1-5H3,(H,30,36)(H,32,33)(H,34,35)/t20-,21-/m0/s1. The molecule has 12 nitrogen and oxygen atoms in total. The number of H-pyrrole nitrogens is 1. The highest BCUT2D eigenvalue weighted by atomic mass is 16.6. The van der Waals surface area contributed by atoms with E-state index in [4.69, 9.17) is 15.2 Å². The second-order valence-electron chi connectivity index (χ2n) is 11.0. The Bertz CT molecular complexity index is 1150. The number of aliphatic carboxylic acids is 2. The third kappa shape index (κ3) is 9.78. The molecule has 0 spiro atoms. The fourth-order valence-corrected chi connectivity index (χ4v) is 4.10. The maximum Gasteiger partial charge on any atom is 0.411 e. The molecule has 2 atom stereocenters. The zero-order valence-electron chi connectivity index (χ0n) is 23.2. The number of amides is 2. The van der Waals surface area contributed by atoms with Crippen LogP contribution in [0.5, 0.6) is 0 Å². The molecule has 0 aliphatic heterocycles. The number of benzene rings is 1. The number of aromatic amines is 1. The van der Waals surface area contributed by atoms with Crippen LogP contribution in [0.25, 0.3) is 10.9 Å². The molecular formula is C27H40N4O8. The van der Waals surface area contributed by atoms with Crippen molar-refractivity contribution < 1.29 is 38.9 Å². The SMILES string of the molecule is CC(C)(C)OC(=O)N(CC(C)(C)OC(=O)N[C@@H](Cc1c[nH]c2ccccc12)C(=O)O)[C@@H](CCCCN)C(=O)O. The number of nitrogens with two attached hydrogens (primary N) is 1. The monoisotopic (exact) mass is 548 g/mol. The van der Waals surface area contributed by atoms with Crippen molar-refractivity contribution in [3.8, 4) is 0 Å². The Balaban J connectivity index is 2.18. The van der Waals surface area contributed by atoms with Crippen LogP contribution < -0.4 is 11.1 Å². The second kappa shape index (κ2) is 13.3. The Hall–Kier alpha value is -3.80. The van der Waals surface area contributed by atoms with Gasteiger partial charge in [-0.25, -0.2) is 19.2 Å². The summed E-state index contributed by atoms with van der Waals surface area (Å²) in [5.41, 5.74) is 4.79. The molecule has 0 saturated carbocycles. The number of carboxylic acid groups (broad SMARTS) is 2. The number of carbonyl (C=O) groups excluding carboxylic acids is 2. The lowest BCUT2D eigenvalue weighted by Gasteiger charge is -2.36. The van der Waals surface area contributed by atoms with Gasteiger partial charge in [-0.2, -0.15) is 0 Å². The highest BCUT2D eigenvalue weighted by Crippen LogP contribution is 2.22. The fourth-order valence-electron chi connectivity index (χ4n) is 4.10. The van der Waals surface area contributed by atoms with Crippen LogP contribution in [0.1, 0.15) is 59.4 Å². The van der Waals surface area contributed by atoms with Crippen LogP contribution in [-0.2, 0) is 25.5 Å². The number of rotatable bonds is 13. The molecule has 0 aliphatic rings. The molecule has 1 aromatic heterocycles. The Labute approximate surface area is 227 Å². The molecule has 2 aromatic rings. The van der Waals surface area contributed by atoms with Crippen molar-refractivity contribution in [3.63, 3.8) is 0 Å². The number of ether oxygens (including phenoxy) is 2. The van der Waals surface area contributed by atoms with E-state index >= 15 is 0 Å². The molecule has 0 radical (unpaired) electrons. The minimum absolute atomic E-state index is 0.00113. The minimum Gasteiger partial charge on any atom is -0.480 e. The van der Waals surface area contributed by atoms with E-state index < -0.39 is 47.4 Å². The average molecular weight is 549 g/mol. The number of hydrogen-bond acceptors (Lipinski definition) is 7. The molecule has 0 saturated heterocycles. The molecule has 12 heteroatoms. The summed E-state index contributed by atoms with van der Waals surface area (Å²) in [6.45, 7) is 8.02. The number of unbranched alkanes of at least 4 members (excludes halogenated alkanes) is 1. The lowest BCUT2D eigenvalue weighted by atomic mass is 10.0. The van der Waals surface area contributed by atoms with Crippen LogP contribution in [0.4, 0.5) is 9.59 Å². The minimum atomic E-state index is -1.40. The highest BCUT2D eigenvalue weighted by molar-refractivity contribution is 5.85. The fraction of sp³-hybridized carbons (Fsp3) is 0.556. The smallest absolute Gasteiger partial charge is 0.411 e. The predicted molar refractivity (Wildman–Crippen MR) is 144 cm³/mol. The summed E-state index contributed by atoms with van der Waals surface area (Å²) >= 11 is 0. The lowest BCUT2D eigenvalue weighted by molar-refractivity contribution is -0.145. The molecule has 6 N–H and O–H groups in total. The van der Waals surface area contributed by atoms with E-state index in [0.717, 1.165) is 15.8 Å². The van der Waals surface area contributed by atoms with Crippen LogP contribution in [0.3, 0.4) is 0 Å². The zero-order chi connectivity index (χ0) is 29.4. The number of alkyl carbamates (subject to hydrolysis) is 1. The Morgan fingerprint density at radius 3 is 2.28 bits per heavy atom.